The molecular formula is C14H33N5O2. The van der Waals surface area contributed by atoms with Crippen molar-refractivity contribution in [1.82, 2.24) is 22.0 Å². The molecule has 0 aromatic carbocycles. The second kappa shape index (κ2) is 17.3. The predicted molar refractivity (Wildman–Crippen MR) is 84.4 cm³/mol. The van der Waals surface area contributed by atoms with Gasteiger partial charge in [0.15, 0.2) is 0 Å². The Morgan fingerprint density at radius 3 is 1.90 bits per heavy atom. The van der Waals surface area contributed by atoms with Gasteiger partial charge in [-0.3, -0.25) is 10.6 Å². The van der Waals surface area contributed by atoms with Crippen molar-refractivity contribution in [2.45, 2.75) is 71.1 Å². The Balaban J connectivity index is 2.95. The summed E-state index contributed by atoms with van der Waals surface area (Å²) in [7, 11) is 0. The van der Waals surface area contributed by atoms with E-state index in [1.165, 1.54) is 51.9 Å². The number of hydrazine groups is 4. The Kier molecular flexibility index (Phi) is 16.7. The van der Waals surface area contributed by atoms with Crippen LogP contribution in [0.1, 0.15) is 71.1 Å². The third-order valence-corrected chi connectivity index (χ3v) is 3.22. The van der Waals surface area contributed by atoms with Gasteiger partial charge >= 0.3 is 5.97 Å². The predicted octanol–water partition coefficient (Wildman–Crippen LogP) is 1.43. The van der Waals surface area contributed by atoms with Gasteiger partial charge in [-0.2, -0.15) is 16.6 Å². The topological polar surface area (TPSA) is 100 Å². The maximum absolute atomic E-state index is 10.6. The number of unbranched alkanes of at least 4 members (excludes halogenated alkanes) is 9. The van der Waals surface area contributed by atoms with Crippen LogP contribution in [0.15, 0.2) is 0 Å². The molecule has 0 radical (unpaired) electrons. The van der Waals surface area contributed by atoms with Crippen molar-refractivity contribution in [2.75, 3.05) is 13.2 Å². The summed E-state index contributed by atoms with van der Waals surface area (Å²) in [6.45, 7) is 2.97. The van der Waals surface area contributed by atoms with E-state index in [4.69, 9.17) is 10.6 Å². The van der Waals surface area contributed by atoms with Gasteiger partial charge in [0.1, 0.15) is 0 Å². The minimum atomic E-state index is -0.173. The number of nitrogens with two attached hydrogens (primary N) is 1. The van der Waals surface area contributed by atoms with Gasteiger partial charge < -0.3 is 4.74 Å². The average molecular weight is 303 g/mol. The lowest BCUT2D eigenvalue weighted by Crippen LogP contribution is -2.53. The van der Waals surface area contributed by atoms with Gasteiger partial charge in [-0.15, -0.1) is 0 Å². The smallest absolute Gasteiger partial charge is 0.302 e. The lowest BCUT2D eigenvalue weighted by molar-refractivity contribution is -0.141. The van der Waals surface area contributed by atoms with Gasteiger partial charge in [0.25, 0.3) is 0 Å². The van der Waals surface area contributed by atoms with E-state index < -0.39 is 0 Å². The number of carbonyl (C=O) groups is 1. The lowest BCUT2D eigenvalue weighted by atomic mass is 10.1. The average Bonchev–Trinajstić information content (AvgIpc) is 2.46. The first-order valence-corrected chi connectivity index (χ1v) is 8.09. The molecule has 0 aromatic heterocycles. The Labute approximate surface area is 128 Å². The lowest BCUT2D eigenvalue weighted by Gasteiger charge is -2.06. The van der Waals surface area contributed by atoms with E-state index in [1.807, 2.05) is 0 Å². The number of hydrogen-bond acceptors (Lipinski definition) is 7. The van der Waals surface area contributed by atoms with E-state index >= 15 is 0 Å². The largest absolute Gasteiger partial charge is 0.466 e. The zero-order valence-electron chi connectivity index (χ0n) is 13.4. The molecule has 0 saturated carbocycles. The highest BCUT2D eigenvalue weighted by atomic mass is 16.5. The van der Waals surface area contributed by atoms with Gasteiger partial charge in [0, 0.05) is 13.5 Å². The molecule has 7 heteroatoms. The molecule has 0 amide bonds. The van der Waals surface area contributed by atoms with Crippen LogP contribution in [0.2, 0.25) is 0 Å². The molecule has 0 aliphatic rings. The summed E-state index contributed by atoms with van der Waals surface area (Å²) in [5.41, 5.74) is 10.5. The highest BCUT2D eigenvalue weighted by molar-refractivity contribution is 5.65. The van der Waals surface area contributed by atoms with Crippen molar-refractivity contribution in [3.8, 4) is 0 Å². The number of hydrogen-bond donors (Lipinski definition) is 5. The molecule has 7 nitrogen and oxygen atoms in total. The molecule has 21 heavy (non-hydrogen) atoms. The van der Waals surface area contributed by atoms with Crippen molar-refractivity contribution < 1.29 is 9.53 Å². The first kappa shape index (κ1) is 20.3. The molecule has 0 atom stereocenters. The van der Waals surface area contributed by atoms with Crippen LogP contribution >= 0.6 is 0 Å². The van der Waals surface area contributed by atoms with Gasteiger partial charge in [-0.1, -0.05) is 51.4 Å². The third kappa shape index (κ3) is 19.3. The number of ether oxygens (including phenoxy) is 1. The molecule has 0 fully saturated rings. The van der Waals surface area contributed by atoms with Crippen LogP contribution in [0.5, 0.6) is 0 Å². The molecule has 0 aromatic rings. The molecule has 0 spiro atoms. The summed E-state index contributed by atoms with van der Waals surface area (Å²) < 4.78 is 4.89. The maximum Gasteiger partial charge on any atom is 0.302 e. The molecule has 0 rings (SSSR count). The molecule has 0 aliphatic heterocycles. The molecule has 0 saturated heterocycles. The molecule has 0 heterocycles. The zero-order valence-corrected chi connectivity index (χ0v) is 13.4. The van der Waals surface area contributed by atoms with Crippen LogP contribution in [-0.2, 0) is 9.53 Å². The van der Waals surface area contributed by atoms with Crippen molar-refractivity contribution in [3.05, 3.63) is 0 Å². The summed E-state index contributed by atoms with van der Waals surface area (Å²) in [4.78, 5) is 10.6. The highest BCUT2D eigenvalue weighted by Crippen LogP contribution is 2.10. The normalized spacial score (nSPS) is 10.8. The molecule has 0 unspecified atom stereocenters. The minimum absolute atomic E-state index is 0.173. The van der Waals surface area contributed by atoms with Crippen molar-refractivity contribution in [1.29, 1.82) is 0 Å². The molecule has 6 N–H and O–H groups in total. The van der Waals surface area contributed by atoms with E-state index in [2.05, 4.69) is 22.0 Å². The van der Waals surface area contributed by atoms with E-state index in [1.54, 1.807) is 0 Å². The Morgan fingerprint density at radius 1 is 0.857 bits per heavy atom. The van der Waals surface area contributed by atoms with Crippen molar-refractivity contribution >= 4 is 5.97 Å². The first-order valence-electron chi connectivity index (χ1n) is 8.09. The number of nitrogens with one attached hydrogen (secondary N) is 4. The van der Waals surface area contributed by atoms with Crippen LogP contribution in [0.4, 0.5) is 0 Å². The maximum atomic E-state index is 10.6. The SMILES string of the molecule is CC(=O)OCCCCCCCCCCCCNNNNN. The zero-order chi connectivity index (χ0) is 15.6. The highest BCUT2D eigenvalue weighted by Gasteiger charge is 1.95. The monoisotopic (exact) mass is 303 g/mol. The van der Waals surface area contributed by atoms with Crippen LogP contribution in [0.25, 0.3) is 0 Å². The van der Waals surface area contributed by atoms with Crippen LogP contribution < -0.4 is 27.9 Å². The fourth-order valence-corrected chi connectivity index (χ4v) is 2.09. The fraction of sp³-hybridized carbons (Fsp3) is 0.929. The second-order valence-corrected chi connectivity index (χ2v) is 5.20. The molecule has 126 valence electrons. The number of esters is 1. The summed E-state index contributed by atoms with van der Waals surface area (Å²) in [6.07, 6.45) is 12.4. The van der Waals surface area contributed by atoms with E-state index in [0.717, 1.165) is 25.8 Å². The Bertz CT molecular complexity index is 229. The van der Waals surface area contributed by atoms with Gasteiger partial charge in [0.2, 0.25) is 0 Å². The summed E-state index contributed by atoms with van der Waals surface area (Å²) in [6, 6.07) is 0. The van der Waals surface area contributed by atoms with E-state index in [-0.39, 0.29) is 5.97 Å². The molecular weight excluding hydrogens is 270 g/mol. The standard InChI is InChI=1S/C14H33N5O2/c1-14(20)21-13-11-9-7-5-3-2-4-6-8-10-12-16-18-19-17-15/h16-19H,2-13,15H2,1H3. The second-order valence-electron chi connectivity index (χ2n) is 5.20. The Morgan fingerprint density at radius 2 is 1.38 bits per heavy atom. The number of rotatable bonds is 16. The Hall–Kier alpha value is -0.730. The summed E-state index contributed by atoms with van der Waals surface area (Å²) >= 11 is 0. The van der Waals surface area contributed by atoms with E-state index in [9.17, 15) is 4.79 Å². The summed E-state index contributed by atoms with van der Waals surface area (Å²) in [5.74, 6) is 4.84. The van der Waals surface area contributed by atoms with Gasteiger partial charge in [-0.05, 0) is 12.8 Å². The van der Waals surface area contributed by atoms with E-state index in [0.29, 0.717) is 6.61 Å². The van der Waals surface area contributed by atoms with Crippen LogP contribution in [0.3, 0.4) is 0 Å². The fourth-order valence-electron chi connectivity index (χ4n) is 2.09. The van der Waals surface area contributed by atoms with Crippen LogP contribution in [-0.4, -0.2) is 19.1 Å². The first-order chi connectivity index (χ1) is 10.3. The minimum Gasteiger partial charge on any atom is -0.466 e. The van der Waals surface area contributed by atoms with Gasteiger partial charge in [0.05, 0.1) is 6.61 Å². The third-order valence-electron chi connectivity index (χ3n) is 3.22. The van der Waals surface area contributed by atoms with Crippen LogP contribution in [0, 0.1) is 0 Å². The molecule has 0 aliphatic carbocycles. The number of carbonyl (C=O) groups excluding carboxylic acids is 1. The summed E-state index contributed by atoms with van der Waals surface area (Å²) in [5, 5.41) is 0. The van der Waals surface area contributed by atoms with Crippen molar-refractivity contribution in [2.24, 2.45) is 5.84 Å². The van der Waals surface area contributed by atoms with Gasteiger partial charge in [-0.25, -0.2) is 5.43 Å². The van der Waals surface area contributed by atoms with Crippen molar-refractivity contribution in [3.63, 3.8) is 0 Å². The quantitative estimate of drug-likeness (QED) is 0.127. The molecule has 0 bridgehead atoms.